The number of nitrogens with one attached hydrogen (secondary N) is 2. The lowest BCUT2D eigenvalue weighted by Gasteiger charge is -2.41. The number of hydrogen-bond acceptors (Lipinski definition) is 6. The molecule has 1 heterocycles. The van der Waals surface area contributed by atoms with Crippen molar-refractivity contribution in [1.29, 1.82) is 0 Å². The summed E-state index contributed by atoms with van der Waals surface area (Å²) in [6.07, 6.45) is 4.52. The molecule has 0 unspecified atom stereocenters. The Morgan fingerprint density at radius 3 is 2.61 bits per heavy atom. The quantitative estimate of drug-likeness (QED) is 0.707. The summed E-state index contributed by atoms with van der Waals surface area (Å²) in [5, 5.41) is 15.9. The molecule has 1 aliphatic rings. The first-order valence-electron chi connectivity index (χ1n) is 6.26. The van der Waals surface area contributed by atoms with Crippen LogP contribution in [0.25, 0.3) is 0 Å². The molecule has 0 atom stereocenters. The maximum absolute atomic E-state index is 9.47. The van der Waals surface area contributed by atoms with Gasteiger partial charge in [-0.25, -0.2) is 9.97 Å². The normalized spacial score (nSPS) is 16.8. The summed E-state index contributed by atoms with van der Waals surface area (Å²) in [6, 6.07) is 0. The van der Waals surface area contributed by atoms with E-state index in [1.54, 1.807) is 7.11 Å². The second kappa shape index (κ2) is 5.39. The molecule has 0 amide bonds. The third-order valence-corrected chi connectivity index (χ3v) is 3.35. The Hall–Kier alpha value is -1.56. The predicted molar refractivity (Wildman–Crippen MR) is 70.0 cm³/mol. The molecule has 1 aliphatic carbocycles. The molecule has 0 aliphatic heterocycles. The van der Waals surface area contributed by atoms with Gasteiger partial charge in [0.05, 0.1) is 19.3 Å². The molecule has 6 nitrogen and oxygen atoms in total. The topological polar surface area (TPSA) is 79.3 Å². The number of hydrogen-bond donors (Lipinski definition) is 3. The van der Waals surface area contributed by atoms with Gasteiger partial charge in [0.25, 0.3) is 0 Å². The number of anilines is 2. The lowest BCUT2D eigenvalue weighted by atomic mass is 9.77. The summed E-state index contributed by atoms with van der Waals surface area (Å²) < 4.78 is 5.36. The molecule has 0 saturated heterocycles. The monoisotopic (exact) mass is 252 g/mol. The van der Waals surface area contributed by atoms with Crippen LogP contribution in [0.3, 0.4) is 0 Å². The molecule has 0 bridgehead atoms. The van der Waals surface area contributed by atoms with E-state index in [0.29, 0.717) is 17.4 Å². The van der Waals surface area contributed by atoms with Crippen LogP contribution in [0.15, 0.2) is 6.33 Å². The highest BCUT2D eigenvalue weighted by molar-refractivity contribution is 5.64. The van der Waals surface area contributed by atoms with Gasteiger partial charge in [-0.2, -0.15) is 0 Å². The largest absolute Gasteiger partial charge is 0.490 e. The number of aliphatic hydroxyl groups is 1. The minimum atomic E-state index is -0.245. The van der Waals surface area contributed by atoms with Crippen molar-refractivity contribution in [1.82, 2.24) is 9.97 Å². The first kappa shape index (κ1) is 12.9. The van der Waals surface area contributed by atoms with E-state index < -0.39 is 0 Å². The van der Waals surface area contributed by atoms with Crippen LogP contribution in [-0.4, -0.2) is 40.9 Å². The Bertz CT molecular complexity index is 402. The van der Waals surface area contributed by atoms with E-state index in [1.807, 2.05) is 6.92 Å². The molecular formula is C12H20N4O2. The summed E-state index contributed by atoms with van der Waals surface area (Å²) in [5.41, 5.74) is -0.245. The van der Waals surface area contributed by atoms with Crippen molar-refractivity contribution < 1.29 is 9.84 Å². The smallest absolute Gasteiger partial charge is 0.204 e. The fourth-order valence-corrected chi connectivity index (χ4v) is 2.13. The van der Waals surface area contributed by atoms with Crippen molar-refractivity contribution >= 4 is 11.6 Å². The van der Waals surface area contributed by atoms with Crippen LogP contribution in [-0.2, 0) is 0 Å². The molecule has 1 aromatic heterocycles. The number of aromatic nitrogens is 2. The van der Waals surface area contributed by atoms with Crippen molar-refractivity contribution in [2.45, 2.75) is 31.7 Å². The zero-order valence-corrected chi connectivity index (χ0v) is 10.9. The van der Waals surface area contributed by atoms with Crippen molar-refractivity contribution in [3.8, 4) is 5.75 Å². The fourth-order valence-electron chi connectivity index (χ4n) is 2.13. The lowest BCUT2D eigenvalue weighted by molar-refractivity contribution is 0.143. The van der Waals surface area contributed by atoms with E-state index in [2.05, 4.69) is 20.6 Å². The third-order valence-electron chi connectivity index (χ3n) is 3.35. The van der Waals surface area contributed by atoms with Crippen molar-refractivity contribution in [3.05, 3.63) is 6.33 Å². The molecule has 0 radical (unpaired) electrons. The highest BCUT2D eigenvalue weighted by atomic mass is 16.5. The summed E-state index contributed by atoms with van der Waals surface area (Å²) in [4.78, 5) is 8.36. The van der Waals surface area contributed by atoms with Crippen LogP contribution in [0, 0.1) is 0 Å². The average Bonchev–Trinajstić information content (AvgIpc) is 2.34. The van der Waals surface area contributed by atoms with E-state index >= 15 is 0 Å². The van der Waals surface area contributed by atoms with Gasteiger partial charge < -0.3 is 20.5 Å². The van der Waals surface area contributed by atoms with Crippen LogP contribution in [0.5, 0.6) is 5.75 Å². The molecule has 6 heteroatoms. The average molecular weight is 252 g/mol. The number of rotatable bonds is 6. The van der Waals surface area contributed by atoms with E-state index in [0.717, 1.165) is 25.8 Å². The Balaban J connectivity index is 2.23. The minimum absolute atomic E-state index is 0.108. The fraction of sp³-hybridized carbons (Fsp3) is 0.667. The second-order valence-electron chi connectivity index (χ2n) is 4.55. The van der Waals surface area contributed by atoms with Crippen molar-refractivity contribution in [2.24, 2.45) is 0 Å². The highest BCUT2D eigenvalue weighted by Gasteiger charge is 2.37. The standard InChI is InChI=1S/C12H20N4O2/c1-3-13-10-9(18-2)11(15-8-14-10)16-12(7-17)5-4-6-12/h8,17H,3-7H2,1-2H3,(H2,13,14,15,16). The van der Waals surface area contributed by atoms with E-state index in [9.17, 15) is 5.11 Å². The van der Waals surface area contributed by atoms with Crippen LogP contribution in [0.4, 0.5) is 11.6 Å². The Morgan fingerprint density at radius 2 is 2.11 bits per heavy atom. The number of nitrogens with zero attached hydrogens (tertiary/aromatic N) is 2. The van der Waals surface area contributed by atoms with Crippen molar-refractivity contribution in [2.75, 3.05) is 30.9 Å². The zero-order chi connectivity index (χ0) is 13.0. The number of methoxy groups -OCH3 is 1. The van der Waals surface area contributed by atoms with Gasteiger partial charge in [0, 0.05) is 6.54 Å². The predicted octanol–water partition coefficient (Wildman–Crippen LogP) is 1.24. The summed E-state index contributed by atoms with van der Waals surface area (Å²) in [6.45, 7) is 2.87. The molecule has 1 saturated carbocycles. The third kappa shape index (κ3) is 2.33. The molecule has 18 heavy (non-hydrogen) atoms. The minimum Gasteiger partial charge on any atom is -0.490 e. The SMILES string of the molecule is CCNc1ncnc(NC2(CO)CCC2)c1OC. The van der Waals surface area contributed by atoms with Gasteiger partial charge in [0.1, 0.15) is 6.33 Å². The van der Waals surface area contributed by atoms with E-state index in [-0.39, 0.29) is 12.1 Å². The second-order valence-corrected chi connectivity index (χ2v) is 4.55. The summed E-state index contributed by atoms with van der Waals surface area (Å²) >= 11 is 0. The van der Waals surface area contributed by atoms with Crippen LogP contribution < -0.4 is 15.4 Å². The maximum atomic E-state index is 9.47. The zero-order valence-electron chi connectivity index (χ0n) is 10.9. The Kier molecular flexibility index (Phi) is 3.86. The van der Waals surface area contributed by atoms with Crippen molar-refractivity contribution in [3.63, 3.8) is 0 Å². The van der Waals surface area contributed by atoms with Crippen LogP contribution >= 0.6 is 0 Å². The summed E-state index contributed by atoms with van der Waals surface area (Å²) in [7, 11) is 1.59. The van der Waals surface area contributed by atoms with Gasteiger partial charge in [0.15, 0.2) is 11.6 Å². The summed E-state index contributed by atoms with van der Waals surface area (Å²) in [5.74, 6) is 1.90. The van der Waals surface area contributed by atoms with E-state index in [4.69, 9.17) is 4.74 Å². The number of ether oxygens (including phenoxy) is 1. The molecule has 3 N–H and O–H groups in total. The van der Waals surface area contributed by atoms with Gasteiger partial charge >= 0.3 is 0 Å². The molecule has 100 valence electrons. The van der Waals surface area contributed by atoms with Gasteiger partial charge in [-0.15, -0.1) is 0 Å². The molecule has 2 rings (SSSR count). The Morgan fingerprint density at radius 1 is 1.39 bits per heavy atom. The van der Waals surface area contributed by atoms with E-state index in [1.165, 1.54) is 6.33 Å². The van der Waals surface area contributed by atoms with Crippen LogP contribution in [0.1, 0.15) is 26.2 Å². The first-order chi connectivity index (χ1) is 8.74. The lowest BCUT2D eigenvalue weighted by Crippen LogP contribution is -2.48. The van der Waals surface area contributed by atoms with Crippen LogP contribution in [0.2, 0.25) is 0 Å². The molecule has 0 aromatic carbocycles. The number of aliphatic hydroxyl groups excluding tert-OH is 1. The van der Waals surface area contributed by atoms with Gasteiger partial charge in [0.2, 0.25) is 5.75 Å². The van der Waals surface area contributed by atoms with Gasteiger partial charge in [-0.05, 0) is 26.2 Å². The Labute approximate surface area is 107 Å². The molecule has 1 aromatic rings. The molecule has 0 spiro atoms. The molecular weight excluding hydrogens is 232 g/mol. The van der Waals surface area contributed by atoms with Gasteiger partial charge in [-0.1, -0.05) is 0 Å². The molecule has 1 fully saturated rings. The first-order valence-corrected chi connectivity index (χ1v) is 6.26. The highest BCUT2D eigenvalue weighted by Crippen LogP contribution is 2.38. The maximum Gasteiger partial charge on any atom is 0.204 e. The van der Waals surface area contributed by atoms with Gasteiger partial charge in [-0.3, -0.25) is 0 Å².